The van der Waals surface area contributed by atoms with E-state index in [-0.39, 0.29) is 24.2 Å². The van der Waals surface area contributed by atoms with Gasteiger partial charge in [0.05, 0.1) is 23.9 Å². The summed E-state index contributed by atoms with van der Waals surface area (Å²) in [5.74, 6) is 1.99. The first kappa shape index (κ1) is 24.8. The van der Waals surface area contributed by atoms with Gasteiger partial charge in [0.25, 0.3) is 11.5 Å². The maximum atomic E-state index is 12.8. The second-order valence-corrected chi connectivity index (χ2v) is 10.1. The van der Waals surface area contributed by atoms with Gasteiger partial charge in [-0.1, -0.05) is 0 Å². The van der Waals surface area contributed by atoms with Crippen LogP contribution in [0.4, 0.5) is 5.82 Å². The lowest BCUT2D eigenvalue weighted by Crippen LogP contribution is -2.32. The Kier molecular flexibility index (Phi) is 7.26. The molecular weight excluding hydrogens is 486 g/mol. The molecule has 2 N–H and O–H groups in total. The van der Waals surface area contributed by atoms with Gasteiger partial charge in [-0.15, -0.1) is 0 Å². The summed E-state index contributed by atoms with van der Waals surface area (Å²) in [6.45, 7) is 5.82. The molecule has 2 aromatic heterocycles. The number of nitrogens with one attached hydrogen (secondary N) is 2. The summed E-state index contributed by atoms with van der Waals surface area (Å²) in [4.78, 5) is 31.3. The third-order valence-electron chi connectivity index (χ3n) is 7.45. The van der Waals surface area contributed by atoms with E-state index in [2.05, 4.69) is 20.5 Å². The summed E-state index contributed by atoms with van der Waals surface area (Å²) in [5.41, 5.74) is 1.75. The van der Waals surface area contributed by atoms with E-state index >= 15 is 0 Å². The number of aromatic nitrogens is 2. The van der Waals surface area contributed by atoms with E-state index in [0.717, 1.165) is 61.4 Å². The number of ether oxygens (including phenoxy) is 3. The molecule has 1 aromatic carbocycles. The van der Waals surface area contributed by atoms with Crippen molar-refractivity contribution >= 4 is 22.6 Å². The van der Waals surface area contributed by atoms with E-state index in [9.17, 15) is 9.59 Å². The highest BCUT2D eigenvalue weighted by atomic mass is 16.5. The number of carbonyl (C=O) groups is 1. The topological polar surface area (TPSA) is 107 Å². The molecule has 3 aromatic rings. The molecule has 1 fully saturated rings. The summed E-state index contributed by atoms with van der Waals surface area (Å²) < 4.78 is 19.6. The number of hydrogen-bond donors (Lipinski definition) is 2. The second-order valence-electron chi connectivity index (χ2n) is 10.1. The van der Waals surface area contributed by atoms with E-state index in [1.165, 1.54) is 0 Å². The van der Waals surface area contributed by atoms with Crippen molar-refractivity contribution in [2.24, 2.45) is 5.92 Å². The lowest BCUT2D eigenvalue weighted by molar-refractivity contribution is -0.118. The van der Waals surface area contributed by atoms with Gasteiger partial charge in [0, 0.05) is 63.9 Å². The normalized spacial score (nSPS) is 23.6. The third-order valence-corrected chi connectivity index (χ3v) is 7.45. The summed E-state index contributed by atoms with van der Waals surface area (Å²) in [7, 11) is 0. The molecule has 6 rings (SSSR count). The molecule has 5 heterocycles. The Bertz CT molecular complexity index is 1380. The Morgan fingerprint density at radius 2 is 1.89 bits per heavy atom. The Hall–Kier alpha value is -3.47. The maximum absolute atomic E-state index is 12.8. The van der Waals surface area contributed by atoms with Gasteiger partial charge in [0.2, 0.25) is 0 Å². The predicted molar refractivity (Wildman–Crippen MR) is 143 cm³/mol. The Morgan fingerprint density at radius 3 is 2.84 bits per heavy atom. The molecule has 10 heteroatoms. The van der Waals surface area contributed by atoms with E-state index in [0.29, 0.717) is 43.8 Å². The molecule has 0 saturated carbocycles. The molecule has 0 radical (unpaired) electrons. The van der Waals surface area contributed by atoms with Crippen LogP contribution >= 0.6 is 0 Å². The number of benzene rings is 1. The Labute approximate surface area is 220 Å². The molecule has 10 nitrogen and oxygen atoms in total. The van der Waals surface area contributed by atoms with Crippen molar-refractivity contribution in [3.63, 3.8) is 0 Å². The summed E-state index contributed by atoms with van der Waals surface area (Å²) in [5, 5.41) is 7.33. The quantitative estimate of drug-likeness (QED) is 0.539. The van der Waals surface area contributed by atoms with Crippen molar-refractivity contribution in [3.8, 4) is 11.5 Å². The molecule has 200 valence electrons. The molecule has 38 heavy (non-hydrogen) atoms. The summed E-state index contributed by atoms with van der Waals surface area (Å²) in [6.07, 6.45) is 1.96. The number of carbonyl (C=O) groups excluding carboxylic acids is 1. The van der Waals surface area contributed by atoms with Crippen molar-refractivity contribution in [2.75, 3.05) is 51.3 Å². The number of hydrogen-bond acceptors (Lipinski definition) is 8. The number of rotatable bonds is 4. The lowest BCUT2D eigenvalue weighted by Gasteiger charge is -2.20. The Balaban J connectivity index is 1.12. The number of fused-ring (bicyclic) bond motifs is 4. The fourth-order valence-electron chi connectivity index (χ4n) is 5.44. The largest absolute Gasteiger partial charge is 0.494 e. The number of nitrogens with zero attached hydrogens (tertiary/aromatic N) is 3. The smallest absolute Gasteiger partial charge is 0.263 e. The van der Waals surface area contributed by atoms with Gasteiger partial charge in [-0.25, -0.2) is 4.98 Å². The minimum absolute atomic E-state index is 0.00307. The predicted octanol–water partition coefficient (Wildman–Crippen LogP) is 2.01. The van der Waals surface area contributed by atoms with Gasteiger partial charge < -0.3 is 29.4 Å². The van der Waals surface area contributed by atoms with E-state index < -0.39 is 0 Å². The molecule has 3 aliphatic heterocycles. The van der Waals surface area contributed by atoms with Crippen LogP contribution < -0.4 is 25.7 Å². The van der Waals surface area contributed by atoms with Crippen LogP contribution in [0.15, 0.2) is 47.3 Å². The monoisotopic (exact) mass is 519 g/mol. The minimum atomic E-state index is -0.190. The van der Waals surface area contributed by atoms with Crippen molar-refractivity contribution in [1.29, 1.82) is 0 Å². The molecule has 0 aliphatic carbocycles. The standard InChI is InChI=1S/C28H33N5O5/c34-26-18-38-24-7-5-21(30-28(24)31-26)15-29-14-20-16-32-9-10-33-23-13-22(6-3-19(23)4-8-27(33)35)36-11-1-2-12-37-25(20)17-32/h3-8,13,20,25,29H,1-2,9-12,14-18H2,(H,30,31,34)/t20-,25+/m1/s1. The summed E-state index contributed by atoms with van der Waals surface area (Å²) >= 11 is 0. The fraction of sp³-hybridized carbons (Fsp3) is 0.464. The van der Waals surface area contributed by atoms with Crippen LogP contribution in [-0.4, -0.2) is 72.5 Å². The van der Waals surface area contributed by atoms with Gasteiger partial charge in [-0.05, 0) is 48.6 Å². The number of anilines is 1. The molecule has 3 atom stereocenters. The Morgan fingerprint density at radius 1 is 1.00 bits per heavy atom. The van der Waals surface area contributed by atoms with Crippen LogP contribution in [0.5, 0.6) is 11.5 Å². The zero-order valence-electron chi connectivity index (χ0n) is 21.4. The first-order chi connectivity index (χ1) is 18.6. The molecule has 1 amide bonds. The zero-order chi connectivity index (χ0) is 25.9. The van der Waals surface area contributed by atoms with E-state index in [4.69, 9.17) is 14.2 Å². The maximum Gasteiger partial charge on any atom is 0.263 e. The molecular formula is C28H33N5O5. The highest BCUT2D eigenvalue weighted by Gasteiger charge is 2.33. The van der Waals surface area contributed by atoms with E-state index in [1.54, 1.807) is 6.07 Å². The van der Waals surface area contributed by atoms with Gasteiger partial charge in [0.1, 0.15) is 5.75 Å². The van der Waals surface area contributed by atoms with Crippen LogP contribution in [-0.2, 0) is 22.6 Å². The highest BCUT2D eigenvalue weighted by molar-refractivity contribution is 5.94. The second kappa shape index (κ2) is 11.1. The van der Waals surface area contributed by atoms with Crippen molar-refractivity contribution < 1.29 is 19.0 Å². The van der Waals surface area contributed by atoms with Gasteiger partial charge in [-0.2, -0.15) is 0 Å². The first-order valence-electron chi connectivity index (χ1n) is 13.4. The molecule has 1 saturated heterocycles. The van der Waals surface area contributed by atoms with Gasteiger partial charge in [-0.3, -0.25) is 14.5 Å². The van der Waals surface area contributed by atoms with Crippen LogP contribution in [0, 0.1) is 5.92 Å². The zero-order valence-corrected chi connectivity index (χ0v) is 21.4. The average Bonchev–Trinajstić information content (AvgIpc) is 3.30. The lowest BCUT2D eigenvalue weighted by atomic mass is 10.1. The highest BCUT2D eigenvalue weighted by Crippen LogP contribution is 2.26. The molecule has 3 aliphatic rings. The van der Waals surface area contributed by atoms with Crippen LogP contribution in [0.1, 0.15) is 18.5 Å². The van der Waals surface area contributed by atoms with Crippen LogP contribution in [0.3, 0.4) is 0 Å². The van der Waals surface area contributed by atoms with Gasteiger partial charge in [0.15, 0.2) is 18.2 Å². The van der Waals surface area contributed by atoms with Crippen LogP contribution in [0.25, 0.3) is 10.9 Å². The van der Waals surface area contributed by atoms with E-state index in [1.807, 2.05) is 41.0 Å². The molecule has 0 spiro atoms. The van der Waals surface area contributed by atoms with Gasteiger partial charge >= 0.3 is 0 Å². The average molecular weight is 520 g/mol. The fourth-order valence-corrected chi connectivity index (χ4v) is 5.44. The number of pyridine rings is 2. The third kappa shape index (κ3) is 5.52. The van der Waals surface area contributed by atoms with Crippen molar-refractivity contribution in [3.05, 3.63) is 58.5 Å². The summed E-state index contributed by atoms with van der Waals surface area (Å²) in [6, 6.07) is 13.3. The first-order valence-corrected chi connectivity index (χ1v) is 13.4. The van der Waals surface area contributed by atoms with Crippen molar-refractivity contribution in [1.82, 2.24) is 19.8 Å². The number of amides is 1. The van der Waals surface area contributed by atoms with Crippen molar-refractivity contribution in [2.45, 2.75) is 32.0 Å². The molecule has 1 unspecified atom stereocenters. The molecule has 4 bridgehead atoms. The SMILES string of the molecule is O=C1COc2ccc(CNC[C@@H]3CN4CCn5c(=O)ccc6ccc(cc65)OCCCCO[C@H]3C4)nc2N1. The van der Waals surface area contributed by atoms with Crippen LogP contribution in [0.2, 0.25) is 0 Å². The minimum Gasteiger partial charge on any atom is -0.494 e.